The van der Waals surface area contributed by atoms with Crippen LogP contribution in [-0.4, -0.2) is 5.16 Å². The molecule has 0 bridgehead atoms. The Balaban J connectivity index is 2.70. The third-order valence-electron chi connectivity index (χ3n) is 1.40. The van der Waals surface area contributed by atoms with E-state index in [-0.39, 0.29) is 0 Å². The molecule has 3 heteroatoms. The van der Waals surface area contributed by atoms with Crippen LogP contribution in [0.3, 0.4) is 0 Å². The maximum absolute atomic E-state index is 5.10. The van der Waals surface area contributed by atoms with Crippen LogP contribution in [0.5, 0.6) is 0 Å². The summed E-state index contributed by atoms with van der Waals surface area (Å²) >= 11 is 1.65. The van der Waals surface area contributed by atoms with Gasteiger partial charge in [0.2, 0.25) is 0 Å². The molecule has 2 aliphatic rings. The van der Waals surface area contributed by atoms with E-state index in [1.54, 1.807) is 11.3 Å². The molecule has 2 rings (SSSR count). The SMILES string of the molecule is c1csccc2c[nH]oc-2c1. The monoisotopic (exact) mass is 165 g/mol. The predicted octanol–water partition coefficient (Wildman–Crippen LogP) is 2.90. The van der Waals surface area contributed by atoms with Crippen LogP contribution in [0.4, 0.5) is 0 Å². The summed E-state index contributed by atoms with van der Waals surface area (Å²) in [7, 11) is 0. The van der Waals surface area contributed by atoms with Crippen molar-refractivity contribution in [3.8, 4) is 11.3 Å². The lowest BCUT2D eigenvalue weighted by atomic mass is 10.2. The molecule has 0 saturated carbocycles. The van der Waals surface area contributed by atoms with Gasteiger partial charge in [-0.25, -0.2) is 5.16 Å². The molecule has 0 aromatic carbocycles. The molecule has 2 aliphatic heterocycles. The Morgan fingerprint density at radius 2 is 2.27 bits per heavy atom. The normalized spacial score (nSPS) is 9.82. The first kappa shape index (κ1) is 6.49. The van der Waals surface area contributed by atoms with E-state index in [1.165, 1.54) is 0 Å². The minimum Gasteiger partial charge on any atom is -0.382 e. The standard InChI is InChI=1S/C8H7NOS/c1-2-8-7(6-9-10-8)3-5-11-4-1/h1-6,9H. The van der Waals surface area contributed by atoms with Gasteiger partial charge >= 0.3 is 0 Å². The topological polar surface area (TPSA) is 28.9 Å². The fourth-order valence-corrected chi connectivity index (χ4v) is 1.36. The number of aromatic amines is 1. The maximum atomic E-state index is 5.10. The summed E-state index contributed by atoms with van der Waals surface area (Å²) in [6.07, 6.45) is 1.84. The summed E-state index contributed by atoms with van der Waals surface area (Å²) in [6.45, 7) is 0. The Morgan fingerprint density at radius 3 is 3.27 bits per heavy atom. The van der Waals surface area contributed by atoms with Crippen LogP contribution in [-0.2, 0) is 0 Å². The van der Waals surface area contributed by atoms with Crippen molar-refractivity contribution in [3.05, 3.63) is 35.2 Å². The molecule has 56 valence electrons. The molecule has 2 nitrogen and oxygen atoms in total. The first-order chi connectivity index (χ1) is 5.47. The van der Waals surface area contributed by atoms with Crippen LogP contribution in [0.2, 0.25) is 0 Å². The van der Waals surface area contributed by atoms with Gasteiger partial charge in [0.05, 0.1) is 0 Å². The lowest BCUT2D eigenvalue weighted by Crippen LogP contribution is -1.63. The van der Waals surface area contributed by atoms with E-state index in [9.17, 15) is 0 Å². The third kappa shape index (κ3) is 1.28. The summed E-state index contributed by atoms with van der Waals surface area (Å²) < 4.78 is 5.10. The highest BCUT2D eigenvalue weighted by Crippen LogP contribution is 2.17. The van der Waals surface area contributed by atoms with Crippen molar-refractivity contribution in [2.45, 2.75) is 0 Å². The predicted molar refractivity (Wildman–Crippen MR) is 45.2 cm³/mol. The molecule has 0 unspecified atom stereocenters. The van der Waals surface area contributed by atoms with E-state index in [1.807, 2.05) is 35.2 Å². The lowest BCUT2D eigenvalue weighted by Gasteiger charge is -1.85. The number of hydrogen-bond donors (Lipinski definition) is 1. The van der Waals surface area contributed by atoms with E-state index in [0.717, 1.165) is 11.3 Å². The van der Waals surface area contributed by atoms with Gasteiger partial charge in [-0.2, -0.15) is 11.3 Å². The lowest BCUT2D eigenvalue weighted by molar-refractivity contribution is 0.434. The average Bonchev–Trinajstić information content (AvgIpc) is 2.35. The molecule has 11 heavy (non-hydrogen) atoms. The van der Waals surface area contributed by atoms with E-state index in [2.05, 4.69) is 5.16 Å². The molecule has 0 aromatic heterocycles. The highest BCUT2D eigenvalue weighted by atomic mass is 32.1. The van der Waals surface area contributed by atoms with Crippen molar-refractivity contribution in [2.24, 2.45) is 0 Å². The summed E-state index contributed by atoms with van der Waals surface area (Å²) in [5, 5.41) is 6.72. The van der Waals surface area contributed by atoms with Crippen LogP contribution in [0.1, 0.15) is 0 Å². The van der Waals surface area contributed by atoms with Crippen LogP contribution in [0, 0.1) is 0 Å². The Morgan fingerprint density at radius 1 is 1.27 bits per heavy atom. The molecule has 1 N–H and O–H groups in total. The number of H-pyrrole nitrogens is 1. The number of rotatable bonds is 0. The number of fused-ring (bicyclic) bond motifs is 1. The molecule has 0 spiro atoms. The molecule has 0 saturated heterocycles. The van der Waals surface area contributed by atoms with Crippen molar-refractivity contribution >= 4 is 11.3 Å². The van der Waals surface area contributed by atoms with Gasteiger partial charge in [0, 0.05) is 11.8 Å². The highest BCUT2D eigenvalue weighted by molar-refractivity contribution is 7.07. The first-order valence-corrected chi connectivity index (χ1v) is 4.23. The Hall–Kier alpha value is -1.22. The summed E-state index contributed by atoms with van der Waals surface area (Å²) in [5.41, 5.74) is 1.09. The zero-order chi connectivity index (χ0) is 7.52. The first-order valence-electron chi connectivity index (χ1n) is 3.28. The number of nitrogens with one attached hydrogen (secondary N) is 1. The summed E-state index contributed by atoms with van der Waals surface area (Å²) in [6, 6.07) is 5.91. The maximum Gasteiger partial charge on any atom is 0.163 e. The van der Waals surface area contributed by atoms with E-state index < -0.39 is 0 Å². The van der Waals surface area contributed by atoms with Crippen molar-refractivity contribution in [1.29, 1.82) is 0 Å². The molecule has 0 amide bonds. The van der Waals surface area contributed by atoms with Gasteiger partial charge in [-0.15, -0.1) is 0 Å². The van der Waals surface area contributed by atoms with E-state index in [4.69, 9.17) is 4.52 Å². The van der Waals surface area contributed by atoms with Gasteiger partial charge < -0.3 is 4.52 Å². The molecule has 0 aliphatic carbocycles. The largest absolute Gasteiger partial charge is 0.382 e. The van der Waals surface area contributed by atoms with Gasteiger partial charge in [-0.1, -0.05) is 0 Å². The molecule has 0 radical (unpaired) electrons. The minimum atomic E-state index is 0.873. The quantitative estimate of drug-likeness (QED) is 0.639. The van der Waals surface area contributed by atoms with Crippen molar-refractivity contribution in [3.63, 3.8) is 0 Å². The van der Waals surface area contributed by atoms with Gasteiger partial charge in [0.1, 0.15) is 0 Å². The molecular formula is C8H7NOS. The van der Waals surface area contributed by atoms with Gasteiger partial charge in [-0.05, 0) is 29.0 Å². The van der Waals surface area contributed by atoms with Gasteiger partial charge in [-0.3, -0.25) is 0 Å². The fraction of sp³-hybridized carbons (Fsp3) is 0. The fourth-order valence-electron chi connectivity index (χ4n) is 0.877. The summed E-state index contributed by atoms with van der Waals surface area (Å²) in [5.74, 6) is 0.873. The highest BCUT2D eigenvalue weighted by Gasteiger charge is 1.98. The van der Waals surface area contributed by atoms with E-state index >= 15 is 0 Å². The zero-order valence-electron chi connectivity index (χ0n) is 5.78. The van der Waals surface area contributed by atoms with Crippen LogP contribution in [0.25, 0.3) is 11.3 Å². The second-order valence-electron chi connectivity index (χ2n) is 2.12. The Kier molecular flexibility index (Phi) is 1.65. The molecule has 0 fully saturated rings. The van der Waals surface area contributed by atoms with Crippen LogP contribution < -0.4 is 0 Å². The van der Waals surface area contributed by atoms with E-state index in [0.29, 0.717) is 0 Å². The molecule has 0 atom stereocenters. The molecular weight excluding hydrogens is 158 g/mol. The second kappa shape index (κ2) is 2.80. The molecule has 0 aromatic rings. The molecule has 2 heterocycles. The Labute approximate surface area is 68.1 Å². The zero-order valence-corrected chi connectivity index (χ0v) is 6.60. The third-order valence-corrected chi connectivity index (χ3v) is 2.01. The smallest absolute Gasteiger partial charge is 0.163 e. The number of hydrogen-bond acceptors (Lipinski definition) is 2. The van der Waals surface area contributed by atoms with Gasteiger partial charge in [0.25, 0.3) is 0 Å². The average molecular weight is 165 g/mol. The van der Waals surface area contributed by atoms with Crippen molar-refractivity contribution in [1.82, 2.24) is 5.16 Å². The second-order valence-corrected chi connectivity index (χ2v) is 2.93. The van der Waals surface area contributed by atoms with Crippen molar-refractivity contribution < 1.29 is 4.52 Å². The summed E-state index contributed by atoms with van der Waals surface area (Å²) in [4.78, 5) is 0. The Bertz CT molecular complexity index is 313. The van der Waals surface area contributed by atoms with Crippen LogP contribution >= 0.6 is 11.3 Å². The van der Waals surface area contributed by atoms with Crippen LogP contribution in [0.15, 0.2) is 39.7 Å². The number of aromatic nitrogens is 1. The van der Waals surface area contributed by atoms with Crippen molar-refractivity contribution in [2.75, 3.05) is 0 Å². The minimum absolute atomic E-state index is 0.873. The van der Waals surface area contributed by atoms with Gasteiger partial charge in [0.15, 0.2) is 5.76 Å².